The van der Waals surface area contributed by atoms with Crippen LogP contribution in [-0.2, 0) is 4.79 Å². The fraction of sp³-hybridized carbons (Fsp3) is 0.435. The van der Waals surface area contributed by atoms with Gasteiger partial charge in [-0.15, -0.1) is 0 Å². The molecule has 1 aliphatic rings. The molecule has 0 saturated carbocycles. The van der Waals surface area contributed by atoms with Gasteiger partial charge in [-0.1, -0.05) is 18.2 Å². The second-order valence-electron chi connectivity index (χ2n) is 7.56. The van der Waals surface area contributed by atoms with E-state index in [1.165, 1.54) is 12.1 Å². The third kappa shape index (κ3) is 5.87. The van der Waals surface area contributed by atoms with Gasteiger partial charge in [-0.2, -0.15) is 0 Å². The monoisotopic (exact) mass is 397 g/mol. The highest BCUT2D eigenvalue weighted by molar-refractivity contribution is 5.92. The van der Waals surface area contributed by atoms with Gasteiger partial charge in [0.15, 0.2) is 0 Å². The number of hydrogen-bond acceptors (Lipinski definition) is 5. The number of para-hydroxylation sites is 1. The summed E-state index contributed by atoms with van der Waals surface area (Å²) in [4.78, 5) is 14.9. The minimum Gasteiger partial charge on any atom is -0.497 e. The lowest BCUT2D eigenvalue weighted by Crippen LogP contribution is -2.35. The summed E-state index contributed by atoms with van der Waals surface area (Å²) in [6.07, 6.45) is 1.57. The van der Waals surface area contributed by atoms with Gasteiger partial charge in [-0.25, -0.2) is 0 Å². The van der Waals surface area contributed by atoms with Crippen LogP contribution >= 0.6 is 0 Å². The van der Waals surface area contributed by atoms with Crippen LogP contribution in [0.4, 0.5) is 11.4 Å². The second kappa shape index (κ2) is 10.2. The molecule has 0 bridgehead atoms. The van der Waals surface area contributed by atoms with Crippen LogP contribution in [-0.4, -0.2) is 45.8 Å². The molecule has 2 aromatic rings. The molecule has 29 heavy (non-hydrogen) atoms. The number of rotatable bonds is 9. The largest absolute Gasteiger partial charge is 0.497 e. The van der Waals surface area contributed by atoms with Crippen molar-refractivity contribution in [2.45, 2.75) is 25.8 Å². The molecule has 1 fully saturated rings. The summed E-state index contributed by atoms with van der Waals surface area (Å²) in [6.45, 7) is 5.10. The van der Waals surface area contributed by atoms with Gasteiger partial charge in [0.05, 0.1) is 19.9 Å². The van der Waals surface area contributed by atoms with Gasteiger partial charge in [0, 0.05) is 37.3 Å². The highest BCUT2D eigenvalue weighted by atomic mass is 16.5. The molecule has 156 valence electrons. The van der Waals surface area contributed by atoms with Crippen molar-refractivity contribution in [1.29, 1.82) is 0 Å². The fourth-order valence-electron chi connectivity index (χ4n) is 3.70. The van der Waals surface area contributed by atoms with Crippen LogP contribution in [0, 0.1) is 5.92 Å². The number of hydrogen-bond donors (Lipinski definition) is 2. The SMILES string of the molecule is COc1ccc(OC)c(NC(=O)CC(C)NCC2CCN(c3ccccc3)C2)c1. The summed E-state index contributed by atoms with van der Waals surface area (Å²) >= 11 is 0. The van der Waals surface area contributed by atoms with Crippen molar-refractivity contribution in [3.05, 3.63) is 48.5 Å². The predicted octanol–water partition coefficient (Wildman–Crippen LogP) is 3.54. The summed E-state index contributed by atoms with van der Waals surface area (Å²) in [6, 6.07) is 16.0. The number of carbonyl (C=O) groups is 1. The number of amides is 1. The summed E-state index contributed by atoms with van der Waals surface area (Å²) in [7, 11) is 3.18. The maximum absolute atomic E-state index is 12.5. The average Bonchev–Trinajstić information content (AvgIpc) is 3.22. The first-order chi connectivity index (χ1) is 14.1. The Morgan fingerprint density at radius 1 is 1.17 bits per heavy atom. The molecule has 0 radical (unpaired) electrons. The Hall–Kier alpha value is -2.73. The third-order valence-electron chi connectivity index (χ3n) is 5.33. The molecule has 1 heterocycles. The van der Waals surface area contributed by atoms with Crippen molar-refractivity contribution < 1.29 is 14.3 Å². The van der Waals surface area contributed by atoms with Gasteiger partial charge < -0.3 is 25.0 Å². The van der Waals surface area contributed by atoms with E-state index in [9.17, 15) is 4.79 Å². The molecular formula is C23H31N3O3. The Kier molecular flexibility index (Phi) is 7.36. The molecule has 1 amide bonds. The molecule has 0 aliphatic carbocycles. The highest BCUT2D eigenvalue weighted by Crippen LogP contribution is 2.29. The maximum atomic E-state index is 12.5. The first-order valence-corrected chi connectivity index (χ1v) is 10.1. The van der Waals surface area contributed by atoms with Crippen LogP contribution in [0.5, 0.6) is 11.5 Å². The first-order valence-electron chi connectivity index (χ1n) is 10.1. The fourth-order valence-corrected chi connectivity index (χ4v) is 3.70. The van der Waals surface area contributed by atoms with Crippen LogP contribution in [0.2, 0.25) is 0 Å². The molecule has 2 N–H and O–H groups in total. The Bertz CT molecular complexity index is 797. The van der Waals surface area contributed by atoms with E-state index in [1.807, 2.05) is 13.0 Å². The Morgan fingerprint density at radius 3 is 2.69 bits per heavy atom. The third-order valence-corrected chi connectivity index (χ3v) is 5.33. The zero-order valence-electron chi connectivity index (χ0n) is 17.5. The highest BCUT2D eigenvalue weighted by Gasteiger charge is 2.23. The zero-order valence-corrected chi connectivity index (χ0v) is 17.5. The van der Waals surface area contributed by atoms with Gasteiger partial charge >= 0.3 is 0 Å². The van der Waals surface area contributed by atoms with Crippen molar-refractivity contribution >= 4 is 17.3 Å². The molecule has 1 saturated heterocycles. The van der Waals surface area contributed by atoms with Crippen LogP contribution < -0.4 is 25.0 Å². The van der Waals surface area contributed by atoms with Gasteiger partial charge in [-0.05, 0) is 50.1 Å². The first kappa shape index (κ1) is 21.0. The Labute approximate surface area is 173 Å². The lowest BCUT2D eigenvalue weighted by atomic mass is 10.1. The number of nitrogens with zero attached hydrogens (tertiary/aromatic N) is 1. The van der Waals surface area contributed by atoms with E-state index in [1.54, 1.807) is 32.4 Å². The van der Waals surface area contributed by atoms with E-state index in [2.05, 4.69) is 39.8 Å². The van der Waals surface area contributed by atoms with Crippen LogP contribution in [0.1, 0.15) is 19.8 Å². The molecule has 0 aromatic heterocycles. The van der Waals surface area contributed by atoms with E-state index in [0.29, 0.717) is 29.5 Å². The van der Waals surface area contributed by atoms with Crippen LogP contribution in [0.25, 0.3) is 0 Å². The standard InChI is InChI=1S/C23H31N3O3/c1-17(13-23(27)25-21-14-20(28-2)9-10-22(21)29-3)24-15-18-11-12-26(16-18)19-7-5-4-6-8-19/h4-10,14,17-18,24H,11-13,15-16H2,1-3H3,(H,25,27). The van der Waals surface area contributed by atoms with Crippen molar-refractivity contribution in [2.75, 3.05) is 44.1 Å². The quantitative estimate of drug-likeness (QED) is 0.678. The molecule has 2 atom stereocenters. The van der Waals surface area contributed by atoms with Crippen molar-refractivity contribution in [2.24, 2.45) is 5.92 Å². The van der Waals surface area contributed by atoms with E-state index < -0.39 is 0 Å². The summed E-state index contributed by atoms with van der Waals surface area (Å²) in [5.74, 6) is 1.84. The molecule has 3 rings (SSSR count). The van der Waals surface area contributed by atoms with Crippen molar-refractivity contribution in [3.63, 3.8) is 0 Å². The summed E-state index contributed by atoms with van der Waals surface area (Å²) in [5, 5.41) is 6.45. The van der Waals surface area contributed by atoms with Crippen LogP contribution in [0.3, 0.4) is 0 Å². The predicted molar refractivity (Wildman–Crippen MR) is 117 cm³/mol. The lowest BCUT2D eigenvalue weighted by Gasteiger charge is -2.20. The van der Waals surface area contributed by atoms with Crippen LogP contribution in [0.15, 0.2) is 48.5 Å². The van der Waals surface area contributed by atoms with E-state index in [0.717, 1.165) is 19.6 Å². The number of nitrogens with one attached hydrogen (secondary N) is 2. The minimum absolute atomic E-state index is 0.0473. The van der Waals surface area contributed by atoms with Gasteiger partial charge in [0.1, 0.15) is 11.5 Å². The van der Waals surface area contributed by atoms with Gasteiger partial charge in [-0.3, -0.25) is 4.79 Å². The number of carbonyl (C=O) groups excluding carboxylic acids is 1. The van der Waals surface area contributed by atoms with E-state index in [-0.39, 0.29) is 11.9 Å². The van der Waals surface area contributed by atoms with E-state index in [4.69, 9.17) is 9.47 Å². The Morgan fingerprint density at radius 2 is 1.97 bits per heavy atom. The summed E-state index contributed by atoms with van der Waals surface area (Å²) in [5.41, 5.74) is 1.91. The average molecular weight is 398 g/mol. The normalized spacial score (nSPS) is 17.1. The van der Waals surface area contributed by atoms with E-state index >= 15 is 0 Å². The van der Waals surface area contributed by atoms with Crippen molar-refractivity contribution in [1.82, 2.24) is 5.32 Å². The second-order valence-corrected chi connectivity index (χ2v) is 7.56. The van der Waals surface area contributed by atoms with Gasteiger partial charge in [0.25, 0.3) is 0 Å². The molecule has 2 unspecified atom stereocenters. The topological polar surface area (TPSA) is 62.8 Å². The van der Waals surface area contributed by atoms with Gasteiger partial charge in [0.2, 0.25) is 5.91 Å². The molecule has 2 aromatic carbocycles. The molecule has 1 aliphatic heterocycles. The maximum Gasteiger partial charge on any atom is 0.226 e. The molecule has 6 nitrogen and oxygen atoms in total. The lowest BCUT2D eigenvalue weighted by molar-refractivity contribution is -0.116. The Balaban J connectivity index is 1.44. The number of methoxy groups -OCH3 is 2. The molecular weight excluding hydrogens is 366 g/mol. The van der Waals surface area contributed by atoms with Crippen molar-refractivity contribution in [3.8, 4) is 11.5 Å². The number of anilines is 2. The molecule has 6 heteroatoms. The smallest absolute Gasteiger partial charge is 0.226 e. The number of benzene rings is 2. The molecule has 0 spiro atoms. The zero-order chi connectivity index (χ0) is 20.6. The summed E-state index contributed by atoms with van der Waals surface area (Å²) < 4.78 is 10.6. The number of ether oxygens (including phenoxy) is 2. The minimum atomic E-state index is -0.0473.